The van der Waals surface area contributed by atoms with Crippen molar-refractivity contribution in [1.29, 1.82) is 0 Å². The summed E-state index contributed by atoms with van der Waals surface area (Å²) >= 11 is 5.95. The molecule has 0 fully saturated rings. The summed E-state index contributed by atoms with van der Waals surface area (Å²) in [4.78, 5) is 8.42. The molecule has 0 amide bonds. The number of benzene rings is 1. The SMILES string of the molecule is FC(F)COCCc1nc(Cl)cc(-c2ccccc2)n1. The van der Waals surface area contributed by atoms with E-state index in [9.17, 15) is 8.78 Å². The molecule has 0 aliphatic heterocycles. The van der Waals surface area contributed by atoms with Crippen LogP contribution < -0.4 is 0 Å². The molecule has 0 bridgehead atoms. The number of rotatable bonds is 6. The zero-order valence-corrected chi connectivity index (χ0v) is 11.4. The van der Waals surface area contributed by atoms with E-state index in [1.165, 1.54) is 0 Å². The molecule has 0 atom stereocenters. The van der Waals surface area contributed by atoms with Crippen LogP contribution >= 0.6 is 11.6 Å². The van der Waals surface area contributed by atoms with Gasteiger partial charge in [-0.15, -0.1) is 0 Å². The van der Waals surface area contributed by atoms with Gasteiger partial charge in [-0.1, -0.05) is 41.9 Å². The Bertz CT molecular complexity index is 552. The smallest absolute Gasteiger partial charge is 0.261 e. The van der Waals surface area contributed by atoms with Gasteiger partial charge in [0.05, 0.1) is 12.3 Å². The Balaban J connectivity index is 2.05. The van der Waals surface area contributed by atoms with Gasteiger partial charge in [0.15, 0.2) is 0 Å². The van der Waals surface area contributed by atoms with Crippen LogP contribution in [0.5, 0.6) is 0 Å². The van der Waals surface area contributed by atoms with Crippen LogP contribution in [0.4, 0.5) is 8.78 Å². The number of halogens is 3. The third-order valence-corrected chi connectivity index (χ3v) is 2.72. The van der Waals surface area contributed by atoms with E-state index in [4.69, 9.17) is 16.3 Å². The maximum absolute atomic E-state index is 11.9. The van der Waals surface area contributed by atoms with Crippen LogP contribution in [0.3, 0.4) is 0 Å². The van der Waals surface area contributed by atoms with Crippen LogP contribution in [0, 0.1) is 0 Å². The fourth-order valence-corrected chi connectivity index (χ4v) is 1.87. The Hall–Kier alpha value is -1.59. The van der Waals surface area contributed by atoms with E-state index in [0.29, 0.717) is 23.1 Å². The first kappa shape index (κ1) is 14.8. The van der Waals surface area contributed by atoms with Crippen molar-refractivity contribution in [3.63, 3.8) is 0 Å². The summed E-state index contributed by atoms with van der Waals surface area (Å²) in [5.41, 5.74) is 1.63. The summed E-state index contributed by atoms with van der Waals surface area (Å²) in [5.74, 6) is 0.477. The first-order valence-electron chi connectivity index (χ1n) is 6.10. The number of alkyl halides is 2. The molecule has 1 heterocycles. The van der Waals surface area contributed by atoms with Crippen molar-refractivity contribution in [2.24, 2.45) is 0 Å². The molecule has 2 rings (SSSR count). The van der Waals surface area contributed by atoms with Crippen LogP contribution in [0.25, 0.3) is 11.3 Å². The highest BCUT2D eigenvalue weighted by atomic mass is 35.5. The first-order valence-corrected chi connectivity index (χ1v) is 6.47. The lowest BCUT2D eigenvalue weighted by molar-refractivity contribution is 0.0183. The highest BCUT2D eigenvalue weighted by Gasteiger charge is 2.07. The molecule has 0 unspecified atom stereocenters. The maximum Gasteiger partial charge on any atom is 0.261 e. The molecule has 0 aliphatic carbocycles. The van der Waals surface area contributed by atoms with Crippen LogP contribution in [0.15, 0.2) is 36.4 Å². The van der Waals surface area contributed by atoms with Gasteiger partial charge in [0, 0.05) is 18.1 Å². The molecular weight excluding hydrogens is 286 g/mol. The molecule has 0 aliphatic rings. The predicted octanol–water partition coefficient (Wildman–Crippen LogP) is 3.62. The lowest BCUT2D eigenvalue weighted by Gasteiger charge is -2.06. The summed E-state index contributed by atoms with van der Waals surface area (Å²) in [6.45, 7) is -0.439. The largest absolute Gasteiger partial charge is 0.375 e. The van der Waals surface area contributed by atoms with Crippen molar-refractivity contribution in [3.05, 3.63) is 47.4 Å². The second kappa shape index (κ2) is 7.26. The van der Waals surface area contributed by atoms with Crippen molar-refractivity contribution in [1.82, 2.24) is 9.97 Å². The number of ether oxygens (including phenoxy) is 1. The molecule has 0 saturated heterocycles. The monoisotopic (exact) mass is 298 g/mol. The van der Waals surface area contributed by atoms with Crippen LogP contribution in [-0.4, -0.2) is 29.6 Å². The zero-order chi connectivity index (χ0) is 14.4. The van der Waals surface area contributed by atoms with E-state index >= 15 is 0 Å². The van der Waals surface area contributed by atoms with Gasteiger partial charge < -0.3 is 4.74 Å². The number of nitrogens with zero attached hydrogens (tertiary/aromatic N) is 2. The van der Waals surface area contributed by atoms with E-state index in [2.05, 4.69) is 9.97 Å². The molecule has 3 nitrogen and oxygen atoms in total. The highest BCUT2D eigenvalue weighted by molar-refractivity contribution is 6.29. The lowest BCUT2D eigenvalue weighted by Crippen LogP contribution is -2.09. The predicted molar refractivity (Wildman–Crippen MR) is 73.0 cm³/mol. The van der Waals surface area contributed by atoms with Crippen molar-refractivity contribution in [2.45, 2.75) is 12.8 Å². The summed E-state index contributed by atoms with van der Waals surface area (Å²) in [7, 11) is 0. The normalized spacial score (nSPS) is 11.0. The van der Waals surface area contributed by atoms with Crippen molar-refractivity contribution < 1.29 is 13.5 Å². The first-order chi connectivity index (χ1) is 9.65. The van der Waals surface area contributed by atoms with Gasteiger partial charge in [-0.2, -0.15) is 0 Å². The average Bonchev–Trinajstić information content (AvgIpc) is 2.44. The third kappa shape index (κ3) is 4.51. The minimum atomic E-state index is -2.46. The highest BCUT2D eigenvalue weighted by Crippen LogP contribution is 2.19. The topological polar surface area (TPSA) is 35.0 Å². The third-order valence-electron chi connectivity index (χ3n) is 2.52. The molecule has 1 aromatic carbocycles. The van der Waals surface area contributed by atoms with E-state index in [1.807, 2.05) is 30.3 Å². The van der Waals surface area contributed by atoms with Gasteiger partial charge in [0.2, 0.25) is 0 Å². The Morgan fingerprint density at radius 1 is 1.15 bits per heavy atom. The molecule has 0 N–H and O–H groups in total. The minimum Gasteiger partial charge on any atom is -0.375 e. The molecule has 2 aromatic rings. The maximum atomic E-state index is 11.9. The summed E-state index contributed by atoms with van der Waals surface area (Å²) in [6, 6.07) is 11.2. The number of aromatic nitrogens is 2. The summed E-state index contributed by atoms with van der Waals surface area (Å²) in [5, 5.41) is 0.322. The molecule has 0 spiro atoms. The van der Waals surface area contributed by atoms with E-state index in [-0.39, 0.29) is 6.61 Å². The molecule has 6 heteroatoms. The molecule has 20 heavy (non-hydrogen) atoms. The zero-order valence-electron chi connectivity index (χ0n) is 10.6. The van der Waals surface area contributed by atoms with Gasteiger partial charge in [-0.25, -0.2) is 18.7 Å². The van der Waals surface area contributed by atoms with Gasteiger partial charge in [0.1, 0.15) is 17.6 Å². The molecule has 0 radical (unpaired) electrons. The second-order valence-electron chi connectivity index (χ2n) is 4.07. The molecular formula is C14H13ClF2N2O. The Kier molecular flexibility index (Phi) is 5.38. The van der Waals surface area contributed by atoms with E-state index in [0.717, 1.165) is 5.56 Å². The number of hydrogen-bond donors (Lipinski definition) is 0. The average molecular weight is 299 g/mol. The van der Waals surface area contributed by atoms with Crippen LogP contribution in [0.2, 0.25) is 5.15 Å². The van der Waals surface area contributed by atoms with Crippen molar-refractivity contribution in [3.8, 4) is 11.3 Å². The van der Waals surface area contributed by atoms with Gasteiger partial charge >= 0.3 is 0 Å². The molecule has 1 aromatic heterocycles. The van der Waals surface area contributed by atoms with Crippen molar-refractivity contribution >= 4 is 11.6 Å². The minimum absolute atomic E-state index is 0.138. The molecule has 106 valence electrons. The molecule has 0 saturated carbocycles. The summed E-state index contributed by atoms with van der Waals surface area (Å²) in [6.07, 6.45) is -2.12. The standard InChI is InChI=1S/C14H13ClF2N2O/c15-12-8-11(10-4-2-1-3-5-10)18-14(19-12)6-7-20-9-13(16)17/h1-5,8,13H,6-7,9H2. The van der Waals surface area contributed by atoms with Crippen molar-refractivity contribution in [2.75, 3.05) is 13.2 Å². The second-order valence-corrected chi connectivity index (χ2v) is 4.46. The van der Waals surface area contributed by atoms with Crippen LogP contribution in [-0.2, 0) is 11.2 Å². The van der Waals surface area contributed by atoms with E-state index < -0.39 is 13.0 Å². The summed E-state index contributed by atoms with van der Waals surface area (Å²) < 4.78 is 28.7. The van der Waals surface area contributed by atoms with Gasteiger partial charge in [0.25, 0.3) is 6.43 Å². The van der Waals surface area contributed by atoms with Gasteiger partial charge in [-0.3, -0.25) is 0 Å². The fourth-order valence-electron chi connectivity index (χ4n) is 1.67. The van der Waals surface area contributed by atoms with Crippen LogP contribution in [0.1, 0.15) is 5.82 Å². The van der Waals surface area contributed by atoms with E-state index in [1.54, 1.807) is 6.07 Å². The Morgan fingerprint density at radius 3 is 2.60 bits per heavy atom. The Morgan fingerprint density at radius 2 is 1.90 bits per heavy atom. The Labute approximate surface area is 120 Å². The number of hydrogen-bond acceptors (Lipinski definition) is 3. The quantitative estimate of drug-likeness (QED) is 0.603. The lowest BCUT2D eigenvalue weighted by atomic mass is 10.1. The van der Waals surface area contributed by atoms with Gasteiger partial charge in [-0.05, 0) is 0 Å². The fraction of sp³-hybridized carbons (Fsp3) is 0.286.